The molecular formula is C75H89BN2. The van der Waals surface area contributed by atoms with Gasteiger partial charge in [0.2, 0.25) is 0 Å². The molecule has 402 valence electrons. The maximum absolute atomic E-state index is 2.86. The monoisotopic (exact) mass is 1030 g/mol. The molecule has 0 N–H and O–H groups in total. The molecule has 8 bridgehead atoms. The van der Waals surface area contributed by atoms with Gasteiger partial charge < -0.3 is 9.80 Å². The average Bonchev–Trinajstić information content (AvgIpc) is 1.62. The molecular weight excluding hydrogens is 940 g/mol. The zero-order chi connectivity index (χ0) is 54.3. The summed E-state index contributed by atoms with van der Waals surface area (Å²) in [5.41, 5.74) is 27.7. The molecule has 3 heteroatoms. The summed E-state index contributed by atoms with van der Waals surface area (Å²) in [6.45, 7) is 36.8. The minimum absolute atomic E-state index is 0.0126. The summed E-state index contributed by atoms with van der Waals surface area (Å²) in [7, 11) is 0. The Kier molecular flexibility index (Phi) is 10.2. The topological polar surface area (TPSA) is 6.48 Å². The van der Waals surface area contributed by atoms with E-state index in [2.05, 4.69) is 217 Å². The molecule has 6 aromatic carbocycles. The van der Waals surface area contributed by atoms with Crippen LogP contribution in [-0.2, 0) is 37.9 Å². The Labute approximate surface area is 470 Å². The van der Waals surface area contributed by atoms with Crippen molar-refractivity contribution in [1.29, 1.82) is 0 Å². The van der Waals surface area contributed by atoms with Gasteiger partial charge in [0.25, 0.3) is 6.71 Å². The number of rotatable bonds is 4. The van der Waals surface area contributed by atoms with E-state index in [4.69, 9.17) is 0 Å². The third-order valence-corrected chi connectivity index (χ3v) is 24.1. The lowest BCUT2D eigenvalue weighted by Gasteiger charge is -2.72. The van der Waals surface area contributed by atoms with Crippen LogP contribution in [0.1, 0.15) is 206 Å². The van der Waals surface area contributed by atoms with Crippen molar-refractivity contribution in [3.8, 4) is 11.1 Å². The number of fused-ring (bicyclic) bond motifs is 6. The van der Waals surface area contributed by atoms with Crippen LogP contribution < -0.4 is 26.2 Å². The second-order valence-corrected chi connectivity index (χ2v) is 32.6. The SMILES string of the molecule is Cc1ccc2c(c1)B1c3cc4c(cc3N(c3ccc5c(c3)C(C)(C)CCC5(C)C)c3cc([C@]56CC7C8CC9C[C@@H]7C(C5)[C@@H](C9)C8C6)cc(c31)N2c1ccc(C(C)(C)C)cc1-c1ccc(C(C)(C)C)cc1)C(C)(C)CCC4(C)C. The lowest BCUT2D eigenvalue weighted by atomic mass is 9.31. The third kappa shape index (κ3) is 6.99. The number of aryl methyl sites for hydroxylation is 1. The average molecular weight is 1030 g/mol. The van der Waals surface area contributed by atoms with Gasteiger partial charge in [-0.05, 0) is 260 Å². The van der Waals surface area contributed by atoms with Crippen LogP contribution in [-0.4, -0.2) is 6.71 Å². The minimum Gasteiger partial charge on any atom is -0.311 e. The molecule has 0 aromatic heterocycles. The highest BCUT2D eigenvalue weighted by Gasteiger charge is 2.68. The van der Waals surface area contributed by atoms with Crippen LogP contribution in [0.15, 0.2) is 103 Å². The molecule has 0 amide bonds. The largest absolute Gasteiger partial charge is 0.311 e. The maximum Gasteiger partial charge on any atom is 0.252 e. The van der Waals surface area contributed by atoms with E-state index in [1.54, 1.807) is 22.3 Å². The molecule has 0 radical (unpaired) electrons. The molecule has 2 heterocycles. The van der Waals surface area contributed by atoms with Gasteiger partial charge in [-0.3, -0.25) is 0 Å². The quantitative estimate of drug-likeness (QED) is 0.162. The standard InChI is InChI=1S/C75H89BN2/c1-43-16-24-64-61(30-43)76-62-38-59-60(74(14,15)29-28-73(59,12)13)39-65(62)77(49-22-23-57-58(37-49)72(10,11)27-26-71(57,8)9)66-35-48(75-40-54-51-31-44-32-52(54)56(42-75)53(33-44)55(51)41-75)36-67(68(66)76)78(64)63-25-21-47(70(5,6)7)34-50(63)45-17-19-46(20-18-45)69(2,3)4/h16-25,30,34-39,44,51-56H,26-29,31-33,40-42H2,1-15H3/t44?,51-,52-,53?,54?,55?,56?,75-/m1/s1. The Balaban J connectivity index is 1.05. The van der Waals surface area contributed by atoms with Crippen molar-refractivity contribution < 1.29 is 0 Å². The molecule has 2 nitrogen and oxygen atoms in total. The number of hydrogen-bond acceptors (Lipinski definition) is 2. The molecule has 9 aliphatic carbocycles. The fourth-order valence-corrected chi connectivity index (χ4v) is 19.6. The van der Waals surface area contributed by atoms with Crippen LogP contribution in [0.3, 0.4) is 0 Å². The highest BCUT2D eigenvalue weighted by Crippen LogP contribution is 2.75. The Morgan fingerprint density at radius 1 is 0.436 bits per heavy atom. The van der Waals surface area contributed by atoms with Crippen LogP contribution >= 0.6 is 0 Å². The highest BCUT2D eigenvalue weighted by atomic mass is 15.2. The first-order valence-electron chi connectivity index (χ1n) is 31.2. The lowest BCUT2D eigenvalue weighted by Crippen LogP contribution is -2.66. The molecule has 0 saturated heterocycles. The van der Waals surface area contributed by atoms with Crippen molar-refractivity contribution in [2.45, 2.75) is 206 Å². The molecule has 78 heavy (non-hydrogen) atoms. The van der Waals surface area contributed by atoms with Gasteiger partial charge in [0.05, 0.1) is 5.69 Å². The first-order chi connectivity index (χ1) is 36.7. The molecule has 6 aromatic rings. The van der Waals surface area contributed by atoms with Crippen LogP contribution in [0.5, 0.6) is 0 Å². The van der Waals surface area contributed by atoms with E-state index < -0.39 is 0 Å². The number of nitrogens with zero attached hydrogens (tertiary/aromatic N) is 2. The third-order valence-electron chi connectivity index (χ3n) is 24.1. The summed E-state index contributed by atoms with van der Waals surface area (Å²) in [4.78, 5) is 5.68. The molecule has 11 aliphatic rings. The van der Waals surface area contributed by atoms with Gasteiger partial charge in [-0.1, -0.05) is 157 Å². The number of benzene rings is 6. The lowest BCUT2D eigenvalue weighted by molar-refractivity contribution is -0.212. The van der Waals surface area contributed by atoms with E-state index in [9.17, 15) is 0 Å². The van der Waals surface area contributed by atoms with E-state index in [0.717, 1.165) is 41.4 Å². The predicted octanol–water partition coefficient (Wildman–Crippen LogP) is 18.0. The van der Waals surface area contributed by atoms with Gasteiger partial charge >= 0.3 is 0 Å². The fraction of sp³-hybridized carbons (Fsp3) is 0.520. The van der Waals surface area contributed by atoms with E-state index in [0.29, 0.717) is 0 Å². The Morgan fingerprint density at radius 2 is 0.936 bits per heavy atom. The summed E-state index contributed by atoms with van der Waals surface area (Å²) < 4.78 is 0. The molecule has 2 aliphatic heterocycles. The molecule has 7 fully saturated rings. The summed E-state index contributed by atoms with van der Waals surface area (Å²) in [5, 5.41) is 0. The van der Waals surface area contributed by atoms with Crippen molar-refractivity contribution in [1.82, 2.24) is 0 Å². The van der Waals surface area contributed by atoms with Gasteiger partial charge in [-0.15, -0.1) is 0 Å². The van der Waals surface area contributed by atoms with Crippen LogP contribution in [0.25, 0.3) is 11.1 Å². The predicted molar refractivity (Wildman–Crippen MR) is 332 cm³/mol. The number of hydrogen-bond donors (Lipinski definition) is 0. The van der Waals surface area contributed by atoms with Crippen molar-refractivity contribution >= 4 is 57.2 Å². The fourth-order valence-electron chi connectivity index (χ4n) is 19.6. The Hall–Kier alpha value is -5.02. The van der Waals surface area contributed by atoms with Gasteiger partial charge in [-0.25, -0.2) is 0 Å². The van der Waals surface area contributed by atoms with Crippen molar-refractivity contribution in [3.63, 3.8) is 0 Å². The second kappa shape index (κ2) is 15.9. The summed E-state index contributed by atoms with van der Waals surface area (Å²) in [6.07, 6.45) is 13.5. The summed E-state index contributed by atoms with van der Waals surface area (Å²) in [6, 6.07) is 43.8. The van der Waals surface area contributed by atoms with Gasteiger partial charge in [-0.2, -0.15) is 0 Å². The van der Waals surface area contributed by atoms with E-state index >= 15 is 0 Å². The first-order valence-corrected chi connectivity index (χ1v) is 31.2. The Morgan fingerprint density at radius 3 is 1.51 bits per heavy atom. The minimum atomic E-state index is -0.0126. The van der Waals surface area contributed by atoms with Crippen LogP contribution in [0, 0.1) is 48.3 Å². The normalized spacial score (nSPS) is 29.5. The van der Waals surface area contributed by atoms with E-state index in [1.165, 1.54) is 148 Å². The van der Waals surface area contributed by atoms with Crippen LogP contribution in [0.4, 0.5) is 34.1 Å². The van der Waals surface area contributed by atoms with Crippen molar-refractivity contribution in [3.05, 3.63) is 148 Å². The molecule has 17 rings (SSSR count). The van der Waals surface area contributed by atoms with Crippen LogP contribution in [0.2, 0.25) is 0 Å². The van der Waals surface area contributed by atoms with Gasteiger partial charge in [0.15, 0.2) is 0 Å². The van der Waals surface area contributed by atoms with E-state index in [1.807, 2.05) is 0 Å². The Bertz CT molecular complexity index is 3470. The maximum atomic E-state index is 2.86. The van der Waals surface area contributed by atoms with Gasteiger partial charge in [0.1, 0.15) is 0 Å². The van der Waals surface area contributed by atoms with Gasteiger partial charge in [0, 0.05) is 34.0 Å². The highest BCUT2D eigenvalue weighted by molar-refractivity contribution is 7.00. The second-order valence-electron chi connectivity index (χ2n) is 32.6. The smallest absolute Gasteiger partial charge is 0.252 e. The van der Waals surface area contributed by atoms with Crippen molar-refractivity contribution in [2.75, 3.05) is 9.80 Å². The molecule has 0 atom stereocenters. The zero-order valence-electron chi connectivity index (χ0n) is 50.4. The molecule has 0 spiro atoms. The molecule has 0 unspecified atom stereocenters. The summed E-state index contributed by atoms with van der Waals surface area (Å²) in [5.74, 6) is 6.57. The van der Waals surface area contributed by atoms with E-state index in [-0.39, 0.29) is 44.6 Å². The first kappa shape index (κ1) is 50.0. The van der Waals surface area contributed by atoms with Crippen molar-refractivity contribution in [2.24, 2.45) is 41.4 Å². The molecule has 7 saturated carbocycles. The number of anilines is 6. The zero-order valence-corrected chi connectivity index (χ0v) is 50.4. The summed E-state index contributed by atoms with van der Waals surface area (Å²) >= 11 is 0.